The first-order chi connectivity index (χ1) is 8.92. The van der Waals surface area contributed by atoms with Crippen molar-refractivity contribution in [1.82, 2.24) is 20.2 Å². The summed E-state index contributed by atoms with van der Waals surface area (Å²) >= 11 is 0. The van der Waals surface area contributed by atoms with Crippen LogP contribution >= 0.6 is 0 Å². The fourth-order valence-corrected chi connectivity index (χ4v) is 1.99. The van der Waals surface area contributed by atoms with Gasteiger partial charge in [-0.1, -0.05) is 47.0 Å². The van der Waals surface area contributed by atoms with Gasteiger partial charge in [0, 0.05) is 6.20 Å². The number of nitrogens with zero attached hydrogens (tertiary/aromatic N) is 3. The maximum Gasteiger partial charge on any atom is 0.312 e. The van der Waals surface area contributed by atoms with Crippen molar-refractivity contribution < 1.29 is 0 Å². The van der Waals surface area contributed by atoms with E-state index in [1.54, 1.807) is 6.20 Å². The number of benzene rings is 1. The van der Waals surface area contributed by atoms with Crippen molar-refractivity contribution in [3.05, 3.63) is 66.5 Å². The van der Waals surface area contributed by atoms with Crippen LogP contribution in [-0.2, 0) is 6.54 Å². The van der Waals surface area contributed by atoms with Gasteiger partial charge in [-0.2, -0.15) is 0 Å². The van der Waals surface area contributed by atoms with E-state index in [1.807, 2.05) is 23.2 Å². The third-order valence-electron chi connectivity index (χ3n) is 2.94. The molecule has 0 aliphatic carbocycles. The highest BCUT2D eigenvalue weighted by Crippen LogP contribution is 2.01. The van der Waals surface area contributed by atoms with E-state index in [0.29, 0.717) is 0 Å². The molecule has 3 rings (SSSR count). The van der Waals surface area contributed by atoms with Crippen molar-refractivity contribution in [3.8, 4) is 0 Å². The molecule has 2 aromatic rings. The Morgan fingerprint density at radius 1 is 1.17 bits per heavy atom. The molecule has 0 saturated carbocycles. The average Bonchev–Trinajstić information content (AvgIpc) is 2.94. The fourth-order valence-electron chi connectivity index (χ4n) is 1.99. The van der Waals surface area contributed by atoms with Crippen LogP contribution in [0.15, 0.2) is 61.0 Å². The van der Waals surface area contributed by atoms with Gasteiger partial charge < -0.3 is 5.23 Å². The second-order valence-corrected chi connectivity index (χ2v) is 4.23. The second kappa shape index (κ2) is 4.92. The molecule has 5 heteroatoms. The zero-order valence-electron chi connectivity index (χ0n) is 9.90. The minimum Gasteiger partial charge on any atom is -0.427 e. The molecule has 1 aromatic carbocycles. The Kier molecular flexibility index (Phi) is 2.96. The zero-order valence-corrected chi connectivity index (χ0v) is 9.90. The molecule has 4 nitrogen and oxygen atoms in total. The minimum atomic E-state index is 0.274. The lowest BCUT2D eigenvalue weighted by Crippen LogP contribution is -2.41. The molecule has 0 bridgehead atoms. The van der Waals surface area contributed by atoms with Gasteiger partial charge in [0.05, 0.1) is 12.7 Å². The van der Waals surface area contributed by atoms with Gasteiger partial charge >= 0.3 is 6.85 Å². The smallest absolute Gasteiger partial charge is 0.312 e. The molecule has 2 heterocycles. The maximum atomic E-state index is 3.96. The molecule has 1 aliphatic heterocycles. The number of nitrogens with one attached hydrogen (secondary N) is 1. The standard InChI is InChI=1S/C13H13BN4/c1-2-8-15-14(7-1)13-5-3-12(4-6-13)11-18-10-9-16-17-18/h1-10,15H,11H2. The van der Waals surface area contributed by atoms with Gasteiger partial charge in [-0.25, -0.2) is 4.68 Å². The summed E-state index contributed by atoms with van der Waals surface area (Å²) in [4.78, 5) is 0. The van der Waals surface area contributed by atoms with Crippen molar-refractivity contribution in [2.45, 2.75) is 6.54 Å². The van der Waals surface area contributed by atoms with Gasteiger partial charge in [-0.3, -0.25) is 0 Å². The molecule has 1 N–H and O–H groups in total. The topological polar surface area (TPSA) is 42.7 Å². The first kappa shape index (κ1) is 10.8. The van der Waals surface area contributed by atoms with Crippen molar-refractivity contribution in [2.75, 3.05) is 0 Å². The van der Waals surface area contributed by atoms with Crippen LogP contribution in [0.1, 0.15) is 5.56 Å². The molecule has 0 saturated heterocycles. The first-order valence-corrected chi connectivity index (χ1v) is 5.94. The van der Waals surface area contributed by atoms with Crippen LogP contribution in [0.3, 0.4) is 0 Å². The predicted molar refractivity (Wildman–Crippen MR) is 72.4 cm³/mol. The Morgan fingerprint density at radius 2 is 2.06 bits per heavy atom. The van der Waals surface area contributed by atoms with E-state index in [2.05, 4.69) is 51.9 Å². The molecule has 0 spiro atoms. The monoisotopic (exact) mass is 236 g/mol. The van der Waals surface area contributed by atoms with E-state index in [-0.39, 0.29) is 6.85 Å². The molecule has 1 aliphatic rings. The molecule has 88 valence electrons. The van der Waals surface area contributed by atoms with Crippen LogP contribution in [-0.4, -0.2) is 21.8 Å². The number of hydrogen-bond acceptors (Lipinski definition) is 3. The van der Waals surface area contributed by atoms with E-state index in [4.69, 9.17) is 0 Å². The van der Waals surface area contributed by atoms with Crippen LogP contribution in [0, 0.1) is 0 Å². The largest absolute Gasteiger partial charge is 0.427 e. The molecule has 0 radical (unpaired) electrons. The number of rotatable bonds is 3. The summed E-state index contributed by atoms with van der Waals surface area (Å²) in [7, 11) is 0. The Hall–Kier alpha value is -2.30. The lowest BCUT2D eigenvalue weighted by atomic mass is 9.55. The lowest BCUT2D eigenvalue weighted by Gasteiger charge is -2.12. The Morgan fingerprint density at radius 3 is 2.72 bits per heavy atom. The summed E-state index contributed by atoms with van der Waals surface area (Å²) in [6.07, 6.45) is 9.58. The van der Waals surface area contributed by atoms with E-state index in [1.165, 1.54) is 11.0 Å². The quantitative estimate of drug-likeness (QED) is 0.799. The van der Waals surface area contributed by atoms with Crippen LogP contribution in [0.5, 0.6) is 0 Å². The highest BCUT2D eigenvalue weighted by Gasteiger charge is 2.12. The molecule has 0 amide bonds. The van der Waals surface area contributed by atoms with Crippen molar-refractivity contribution in [1.29, 1.82) is 0 Å². The van der Waals surface area contributed by atoms with Crippen LogP contribution < -0.4 is 10.7 Å². The predicted octanol–water partition coefficient (Wildman–Crippen LogP) is 0.737. The summed E-state index contributed by atoms with van der Waals surface area (Å²) in [5.74, 6) is 2.15. The average molecular weight is 236 g/mol. The van der Waals surface area contributed by atoms with Gasteiger partial charge in [0.1, 0.15) is 0 Å². The Labute approximate surface area is 106 Å². The van der Waals surface area contributed by atoms with Gasteiger partial charge in [-0.05, 0) is 17.8 Å². The lowest BCUT2D eigenvalue weighted by molar-refractivity contribution is 0.650. The normalized spacial score (nSPS) is 13.7. The second-order valence-electron chi connectivity index (χ2n) is 4.23. The van der Waals surface area contributed by atoms with Gasteiger partial charge in [0.15, 0.2) is 0 Å². The molecule has 1 aromatic heterocycles. The Bertz CT molecular complexity index is 557. The number of allylic oxidation sites excluding steroid dienone is 2. The van der Waals surface area contributed by atoms with Crippen molar-refractivity contribution >= 4 is 12.3 Å². The molecule has 0 unspecified atom stereocenters. The van der Waals surface area contributed by atoms with E-state index in [9.17, 15) is 0 Å². The molecule has 0 atom stereocenters. The fraction of sp³-hybridized carbons (Fsp3) is 0.0769. The highest BCUT2D eigenvalue weighted by molar-refractivity contribution is 6.76. The van der Waals surface area contributed by atoms with Crippen molar-refractivity contribution in [2.24, 2.45) is 0 Å². The van der Waals surface area contributed by atoms with Crippen LogP contribution in [0.2, 0.25) is 0 Å². The first-order valence-electron chi connectivity index (χ1n) is 5.94. The molecule has 18 heavy (non-hydrogen) atoms. The molecular weight excluding hydrogens is 223 g/mol. The van der Waals surface area contributed by atoms with E-state index < -0.39 is 0 Å². The maximum absolute atomic E-state index is 3.96. The third-order valence-corrected chi connectivity index (χ3v) is 2.94. The number of aromatic nitrogens is 3. The summed E-state index contributed by atoms with van der Waals surface area (Å²) in [5.41, 5.74) is 2.48. The Balaban J connectivity index is 1.73. The van der Waals surface area contributed by atoms with Gasteiger partial charge in [0.2, 0.25) is 0 Å². The summed E-state index contributed by atoms with van der Waals surface area (Å²) in [6.45, 7) is 1.03. The SMILES string of the molecule is C1=CNB(c2ccc(Cn3ccnn3)cc2)C=C1. The van der Waals surface area contributed by atoms with Gasteiger partial charge in [-0.15, -0.1) is 5.10 Å². The number of hydrogen-bond donors (Lipinski definition) is 1. The summed E-state index contributed by atoms with van der Waals surface area (Å²) < 4.78 is 1.82. The summed E-state index contributed by atoms with van der Waals surface area (Å²) in [6, 6.07) is 8.55. The highest BCUT2D eigenvalue weighted by atomic mass is 15.4. The van der Waals surface area contributed by atoms with Crippen LogP contribution in [0.4, 0.5) is 0 Å². The van der Waals surface area contributed by atoms with Crippen LogP contribution in [0.25, 0.3) is 0 Å². The summed E-state index contributed by atoms with van der Waals surface area (Å²) in [5, 5.41) is 11.1. The molecular formula is C13H13BN4. The zero-order chi connectivity index (χ0) is 12.2. The van der Waals surface area contributed by atoms with Crippen molar-refractivity contribution in [3.63, 3.8) is 0 Å². The van der Waals surface area contributed by atoms with Gasteiger partial charge in [0.25, 0.3) is 0 Å². The van der Waals surface area contributed by atoms with E-state index >= 15 is 0 Å². The molecule has 0 fully saturated rings. The van der Waals surface area contributed by atoms with E-state index in [0.717, 1.165) is 6.54 Å². The minimum absolute atomic E-state index is 0.274. The third kappa shape index (κ3) is 2.35.